The molecule has 0 radical (unpaired) electrons. The molecular formula is C22H25O2P. The van der Waals surface area contributed by atoms with Crippen molar-refractivity contribution >= 4 is 15.7 Å². The summed E-state index contributed by atoms with van der Waals surface area (Å²) < 4.78 is 0. The van der Waals surface area contributed by atoms with Crippen LogP contribution < -0.4 is 0 Å². The molecule has 0 fully saturated rings. The van der Waals surface area contributed by atoms with Gasteiger partial charge in [-0.2, -0.15) is 9.90 Å². The zero-order valence-electron chi connectivity index (χ0n) is 15.0. The predicted octanol–water partition coefficient (Wildman–Crippen LogP) is 4.74. The number of carbonyl (C=O) groups excluding carboxylic acids is 1. The average molecular weight is 352 g/mol. The highest BCUT2D eigenvalue weighted by Crippen LogP contribution is 2.28. The summed E-state index contributed by atoms with van der Waals surface area (Å²) in [7, 11) is 0. The average Bonchev–Trinajstić information content (AvgIpc) is 2.54. The number of benzene rings is 3. The number of aryl methyl sites for hydroxylation is 3. The molecule has 25 heavy (non-hydrogen) atoms. The molecular weight excluding hydrogens is 327 g/mol. The molecule has 0 aromatic heterocycles. The fourth-order valence-corrected chi connectivity index (χ4v) is 3.22. The molecule has 0 aliphatic carbocycles. The third-order valence-electron chi connectivity index (χ3n) is 4.16. The molecule has 130 valence electrons. The van der Waals surface area contributed by atoms with Gasteiger partial charge in [-0.25, -0.2) is 0 Å². The van der Waals surface area contributed by atoms with Crippen LogP contribution in [-0.4, -0.2) is 11.3 Å². The van der Waals surface area contributed by atoms with Gasteiger partial charge >= 0.3 is 0 Å². The van der Waals surface area contributed by atoms with Gasteiger partial charge in [0, 0.05) is 11.1 Å². The lowest BCUT2D eigenvalue weighted by atomic mass is 9.89. The first kappa shape index (κ1) is 20.8. The maximum Gasteiger partial charge on any atom is 0.194 e. The minimum atomic E-state index is 0. The van der Waals surface area contributed by atoms with E-state index in [1.54, 1.807) is 0 Å². The van der Waals surface area contributed by atoms with E-state index in [1.807, 2.05) is 68.4 Å². The Kier molecular flexibility index (Phi) is 7.23. The van der Waals surface area contributed by atoms with Gasteiger partial charge in [-0.05, 0) is 43.0 Å². The van der Waals surface area contributed by atoms with Crippen molar-refractivity contribution in [2.24, 2.45) is 0 Å². The fraction of sp³-hybridized carbons (Fsp3) is 0.136. The Morgan fingerprint density at radius 2 is 1.28 bits per heavy atom. The number of hydrogen-bond donors (Lipinski definition) is 0. The van der Waals surface area contributed by atoms with Crippen LogP contribution in [0.15, 0.2) is 66.7 Å². The molecule has 0 bridgehead atoms. The predicted molar refractivity (Wildman–Crippen MR) is 111 cm³/mol. The zero-order chi connectivity index (χ0) is 16.4. The first-order valence-corrected chi connectivity index (χ1v) is 7.85. The van der Waals surface area contributed by atoms with E-state index in [2.05, 4.69) is 19.1 Å². The van der Waals surface area contributed by atoms with Gasteiger partial charge in [0.25, 0.3) is 0 Å². The van der Waals surface area contributed by atoms with E-state index >= 15 is 0 Å². The molecule has 0 spiro atoms. The summed E-state index contributed by atoms with van der Waals surface area (Å²) in [4.78, 5) is 13.2. The highest BCUT2D eigenvalue weighted by atomic mass is 31.0. The van der Waals surface area contributed by atoms with Crippen molar-refractivity contribution in [1.29, 1.82) is 0 Å². The van der Waals surface area contributed by atoms with Gasteiger partial charge in [-0.15, -0.1) is 0 Å². The molecule has 0 saturated heterocycles. The van der Waals surface area contributed by atoms with Crippen molar-refractivity contribution < 1.29 is 10.3 Å². The van der Waals surface area contributed by atoms with E-state index in [1.165, 1.54) is 5.56 Å². The summed E-state index contributed by atoms with van der Waals surface area (Å²) in [5, 5.41) is 0. The van der Waals surface area contributed by atoms with Crippen LogP contribution in [0.3, 0.4) is 0 Å². The van der Waals surface area contributed by atoms with Crippen molar-refractivity contribution in [2.45, 2.75) is 20.8 Å². The van der Waals surface area contributed by atoms with Crippen LogP contribution in [0.5, 0.6) is 0 Å². The maximum absolute atomic E-state index is 13.2. The molecule has 3 aromatic rings. The van der Waals surface area contributed by atoms with Crippen molar-refractivity contribution in [3.8, 4) is 11.1 Å². The van der Waals surface area contributed by atoms with Gasteiger partial charge in [0.15, 0.2) is 5.78 Å². The van der Waals surface area contributed by atoms with Gasteiger partial charge in [-0.1, -0.05) is 72.3 Å². The highest BCUT2D eigenvalue weighted by molar-refractivity contribution is 6.92. The van der Waals surface area contributed by atoms with Crippen LogP contribution in [-0.2, 0) is 0 Å². The lowest BCUT2D eigenvalue weighted by Crippen LogP contribution is -2.08. The van der Waals surface area contributed by atoms with E-state index in [9.17, 15) is 4.79 Å². The van der Waals surface area contributed by atoms with Crippen molar-refractivity contribution in [1.82, 2.24) is 0 Å². The van der Waals surface area contributed by atoms with Crippen molar-refractivity contribution in [3.05, 3.63) is 94.5 Å². The summed E-state index contributed by atoms with van der Waals surface area (Å²) in [5.41, 5.74) is 6.89. The number of carbonyl (C=O) groups is 1. The molecule has 0 aliphatic rings. The summed E-state index contributed by atoms with van der Waals surface area (Å²) in [6, 6.07) is 22.1. The zero-order valence-corrected chi connectivity index (χ0v) is 16.4. The van der Waals surface area contributed by atoms with Gasteiger partial charge in [0.1, 0.15) is 0 Å². The smallest absolute Gasteiger partial charge is 0.194 e. The first-order chi connectivity index (χ1) is 11.1. The van der Waals surface area contributed by atoms with Crippen LogP contribution >= 0.6 is 9.90 Å². The minimum Gasteiger partial charge on any atom is -0.412 e. The largest absolute Gasteiger partial charge is 0.412 e. The van der Waals surface area contributed by atoms with Gasteiger partial charge in [-0.3, -0.25) is 4.79 Å². The maximum atomic E-state index is 13.2. The van der Waals surface area contributed by atoms with Gasteiger partial charge < -0.3 is 5.48 Å². The van der Waals surface area contributed by atoms with Crippen LogP contribution in [0.1, 0.15) is 32.6 Å². The Balaban J connectivity index is 0.00000156. The third kappa shape index (κ3) is 4.22. The lowest BCUT2D eigenvalue weighted by Gasteiger charge is -2.13. The standard InChI is InChI=1S/C22H20O.H2O.H3P/c1-15-13-16(2)21(17(3)14-15)22(23)20-12-8-7-11-19(20)18-9-5-4-6-10-18;;/h4-14H,1-3H3;1H2;1H3. The van der Waals surface area contributed by atoms with Crippen molar-refractivity contribution in [2.75, 3.05) is 0 Å². The van der Waals surface area contributed by atoms with Crippen molar-refractivity contribution in [3.63, 3.8) is 0 Å². The Hall–Kier alpha value is -2.28. The molecule has 2 nitrogen and oxygen atoms in total. The van der Waals surface area contributed by atoms with Gasteiger partial charge in [0.2, 0.25) is 0 Å². The molecule has 3 heteroatoms. The molecule has 3 aromatic carbocycles. The first-order valence-electron chi connectivity index (χ1n) is 7.85. The van der Waals surface area contributed by atoms with Gasteiger partial charge in [0.05, 0.1) is 0 Å². The summed E-state index contributed by atoms with van der Waals surface area (Å²) >= 11 is 0. The molecule has 0 saturated carbocycles. The van der Waals surface area contributed by atoms with E-state index < -0.39 is 0 Å². The monoisotopic (exact) mass is 352 g/mol. The molecule has 3 rings (SSSR count). The second-order valence-electron chi connectivity index (χ2n) is 6.01. The Bertz CT molecular complexity index is 847. The molecule has 0 amide bonds. The number of rotatable bonds is 3. The molecule has 0 aliphatic heterocycles. The third-order valence-corrected chi connectivity index (χ3v) is 4.16. The molecule has 1 unspecified atom stereocenters. The number of hydrogen-bond acceptors (Lipinski definition) is 1. The second kappa shape index (κ2) is 8.71. The van der Waals surface area contributed by atoms with E-state index in [0.29, 0.717) is 0 Å². The minimum absolute atomic E-state index is 0. The Labute approximate surface area is 152 Å². The molecule has 1 atom stereocenters. The SMILES string of the molecule is Cc1cc(C)c(C(=O)c2ccccc2-c2ccccc2)c(C)c1.O.P. The highest BCUT2D eigenvalue weighted by Gasteiger charge is 2.18. The van der Waals surface area contributed by atoms with E-state index in [0.717, 1.165) is 33.4 Å². The van der Waals surface area contributed by atoms with Crippen LogP contribution in [0.2, 0.25) is 0 Å². The normalized spacial score (nSPS) is 9.72. The van der Waals surface area contributed by atoms with Crippen LogP contribution in [0, 0.1) is 20.8 Å². The summed E-state index contributed by atoms with van der Waals surface area (Å²) in [5.74, 6) is 0.0967. The topological polar surface area (TPSA) is 48.6 Å². The van der Waals surface area contributed by atoms with E-state index in [4.69, 9.17) is 0 Å². The van der Waals surface area contributed by atoms with E-state index in [-0.39, 0.29) is 21.2 Å². The molecule has 2 N–H and O–H groups in total. The number of ketones is 1. The lowest BCUT2D eigenvalue weighted by molar-refractivity contribution is 0.103. The fourth-order valence-electron chi connectivity index (χ4n) is 3.22. The Morgan fingerprint density at radius 1 is 0.760 bits per heavy atom. The molecule has 0 heterocycles. The summed E-state index contributed by atoms with van der Waals surface area (Å²) in [6.07, 6.45) is 0. The van der Waals surface area contributed by atoms with Crippen LogP contribution in [0.4, 0.5) is 0 Å². The summed E-state index contributed by atoms with van der Waals surface area (Å²) in [6.45, 7) is 6.09. The second-order valence-corrected chi connectivity index (χ2v) is 6.01. The quantitative estimate of drug-likeness (QED) is 0.496. The Morgan fingerprint density at radius 3 is 1.88 bits per heavy atom. The van der Waals surface area contributed by atoms with Crippen LogP contribution in [0.25, 0.3) is 11.1 Å².